The zero-order valence-electron chi connectivity index (χ0n) is 9.98. The topological polar surface area (TPSA) is 38.7 Å². The molecule has 0 radical (unpaired) electrons. The lowest BCUT2D eigenvalue weighted by atomic mass is 10.2. The monoisotopic (exact) mass is 224 g/mol. The Bertz CT molecular complexity index is 280. The summed E-state index contributed by atoms with van der Waals surface area (Å²) >= 11 is 0. The van der Waals surface area contributed by atoms with E-state index in [9.17, 15) is 0 Å². The SMILES string of the molecule is CC(C)COCCOc1ccc(CO)cc1. The van der Waals surface area contributed by atoms with Crippen molar-refractivity contribution < 1.29 is 14.6 Å². The zero-order chi connectivity index (χ0) is 11.8. The molecular weight excluding hydrogens is 204 g/mol. The van der Waals surface area contributed by atoms with E-state index < -0.39 is 0 Å². The number of rotatable bonds is 7. The van der Waals surface area contributed by atoms with E-state index in [4.69, 9.17) is 14.6 Å². The van der Waals surface area contributed by atoms with Crippen LogP contribution in [0.5, 0.6) is 5.75 Å². The summed E-state index contributed by atoms with van der Waals surface area (Å²) in [5, 5.41) is 8.87. The molecule has 0 spiro atoms. The second-order valence-electron chi connectivity index (χ2n) is 4.12. The molecule has 1 aromatic carbocycles. The van der Waals surface area contributed by atoms with Crippen molar-refractivity contribution in [3.63, 3.8) is 0 Å². The molecule has 0 saturated heterocycles. The Morgan fingerprint density at radius 1 is 1.12 bits per heavy atom. The van der Waals surface area contributed by atoms with Gasteiger partial charge in [-0.3, -0.25) is 0 Å². The maximum absolute atomic E-state index is 8.87. The summed E-state index contributed by atoms with van der Waals surface area (Å²) in [6.07, 6.45) is 0. The van der Waals surface area contributed by atoms with Gasteiger partial charge in [0.25, 0.3) is 0 Å². The summed E-state index contributed by atoms with van der Waals surface area (Å²) in [7, 11) is 0. The van der Waals surface area contributed by atoms with Gasteiger partial charge in [-0.2, -0.15) is 0 Å². The lowest BCUT2D eigenvalue weighted by Crippen LogP contribution is -2.10. The molecule has 0 aromatic heterocycles. The van der Waals surface area contributed by atoms with Crippen molar-refractivity contribution in [2.75, 3.05) is 19.8 Å². The molecule has 1 rings (SSSR count). The third kappa shape index (κ3) is 5.14. The summed E-state index contributed by atoms with van der Waals surface area (Å²) in [5.74, 6) is 1.37. The summed E-state index contributed by atoms with van der Waals surface area (Å²) < 4.78 is 10.9. The molecule has 0 aliphatic rings. The van der Waals surface area contributed by atoms with Crippen molar-refractivity contribution in [1.29, 1.82) is 0 Å². The molecule has 90 valence electrons. The van der Waals surface area contributed by atoms with Crippen molar-refractivity contribution in [3.8, 4) is 5.75 Å². The Balaban J connectivity index is 2.16. The molecule has 0 aliphatic carbocycles. The molecule has 1 N–H and O–H groups in total. The van der Waals surface area contributed by atoms with Gasteiger partial charge in [0.05, 0.1) is 13.2 Å². The first-order valence-electron chi connectivity index (χ1n) is 5.62. The van der Waals surface area contributed by atoms with Crippen LogP contribution in [0.1, 0.15) is 19.4 Å². The lowest BCUT2D eigenvalue weighted by molar-refractivity contribution is 0.0819. The minimum absolute atomic E-state index is 0.0672. The Morgan fingerprint density at radius 3 is 2.38 bits per heavy atom. The fourth-order valence-electron chi connectivity index (χ4n) is 1.23. The largest absolute Gasteiger partial charge is 0.491 e. The smallest absolute Gasteiger partial charge is 0.119 e. The van der Waals surface area contributed by atoms with Crippen LogP contribution >= 0.6 is 0 Å². The lowest BCUT2D eigenvalue weighted by Gasteiger charge is -2.08. The van der Waals surface area contributed by atoms with Crippen LogP contribution < -0.4 is 4.74 Å². The van der Waals surface area contributed by atoms with E-state index >= 15 is 0 Å². The molecular formula is C13H20O3. The van der Waals surface area contributed by atoms with Gasteiger partial charge < -0.3 is 14.6 Å². The summed E-state index contributed by atoms with van der Waals surface area (Å²) in [4.78, 5) is 0. The first-order valence-corrected chi connectivity index (χ1v) is 5.62. The number of hydrogen-bond acceptors (Lipinski definition) is 3. The van der Waals surface area contributed by atoms with Gasteiger partial charge in [-0.05, 0) is 23.6 Å². The van der Waals surface area contributed by atoms with Gasteiger partial charge in [0, 0.05) is 6.61 Å². The Hall–Kier alpha value is -1.06. The van der Waals surface area contributed by atoms with Gasteiger partial charge in [0.1, 0.15) is 12.4 Å². The maximum Gasteiger partial charge on any atom is 0.119 e. The standard InChI is InChI=1S/C13H20O3/c1-11(2)10-15-7-8-16-13-5-3-12(9-14)4-6-13/h3-6,11,14H,7-10H2,1-2H3. The molecule has 0 amide bonds. The minimum atomic E-state index is 0.0672. The molecule has 0 aliphatic heterocycles. The molecule has 0 fully saturated rings. The average Bonchev–Trinajstić information content (AvgIpc) is 2.29. The predicted molar refractivity (Wildman–Crippen MR) is 63.5 cm³/mol. The van der Waals surface area contributed by atoms with E-state index in [1.165, 1.54) is 0 Å². The van der Waals surface area contributed by atoms with E-state index in [0.29, 0.717) is 19.1 Å². The molecule has 0 unspecified atom stereocenters. The minimum Gasteiger partial charge on any atom is -0.491 e. The Labute approximate surface area is 97.0 Å². The summed E-state index contributed by atoms with van der Waals surface area (Å²) in [6.45, 7) is 6.25. The molecule has 3 nitrogen and oxygen atoms in total. The first-order chi connectivity index (χ1) is 7.72. The summed E-state index contributed by atoms with van der Waals surface area (Å²) in [5.41, 5.74) is 0.892. The summed E-state index contributed by atoms with van der Waals surface area (Å²) in [6, 6.07) is 7.41. The van der Waals surface area contributed by atoms with Crippen LogP contribution in [0.25, 0.3) is 0 Å². The van der Waals surface area contributed by atoms with Crippen molar-refractivity contribution in [3.05, 3.63) is 29.8 Å². The van der Waals surface area contributed by atoms with Gasteiger partial charge in [0.15, 0.2) is 0 Å². The number of ether oxygens (including phenoxy) is 2. The maximum atomic E-state index is 8.87. The fraction of sp³-hybridized carbons (Fsp3) is 0.538. The van der Waals surface area contributed by atoms with Crippen molar-refractivity contribution >= 4 is 0 Å². The molecule has 0 saturated carbocycles. The molecule has 0 atom stereocenters. The van der Waals surface area contributed by atoms with Gasteiger partial charge in [-0.1, -0.05) is 26.0 Å². The van der Waals surface area contributed by atoms with Crippen LogP contribution in [-0.4, -0.2) is 24.9 Å². The van der Waals surface area contributed by atoms with Crippen LogP contribution in [0.15, 0.2) is 24.3 Å². The first kappa shape index (κ1) is 13.0. The highest BCUT2D eigenvalue weighted by Gasteiger charge is 1.96. The van der Waals surface area contributed by atoms with E-state index in [1.807, 2.05) is 24.3 Å². The van der Waals surface area contributed by atoms with Gasteiger partial charge in [0.2, 0.25) is 0 Å². The van der Waals surface area contributed by atoms with E-state index in [0.717, 1.165) is 17.9 Å². The average molecular weight is 224 g/mol. The number of aliphatic hydroxyl groups is 1. The van der Waals surface area contributed by atoms with Crippen LogP contribution in [0, 0.1) is 5.92 Å². The van der Waals surface area contributed by atoms with Crippen LogP contribution in [0.2, 0.25) is 0 Å². The Morgan fingerprint density at radius 2 is 1.81 bits per heavy atom. The second kappa shape index (κ2) is 7.25. The Kier molecular flexibility index (Phi) is 5.90. The van der Waals surface area contributed by atoms with Crippen molar-refractivity contribution in [2.45, 2.75) is 20.5 Å². The van der Waals surface area contributed by atoms with Gasteiger partial charge in [-0.15, -0.1) is 0 Å². The third-order valence-electron chi connectivity index (χ3n) is 2.05. The molecule has 16 heavy (non-hydrogen) atoms. The van der Waals surface area contributed by atoms with E-state index in [2.05, 4.69) is 13.8 Å². The number of aliphatic hydroxyl groups excluding tert-OH is 1. The second-order valence-corrected chi connectivity index (χ2v) is 4.12. The highest BCUT2D eigenvalue weighted by Crippen LogP contribution is 2.11. The molecule has 1 aromatic rings. The van der Waals surface area contributed by atoms with Crippen molar-refractivity contribution in [1.82, 2.24) is 0 Å². The quantitative estimate of drug-likeness (QED) is 0.722. The van der Waals surface area contributed by atoms with Gasteiger partial charge >= 0.3 is 0 Å². The van der Waals surface area contributed by atoms with Crippen LogP contribution in [0.3, 0.4) is 0 Å². The predicted octanol–water partition coefficient (Wildman–Crippen LogP) is 2.23. The van der Waals surface area contributed by atoms with Crippen LogP contribution in [0.4, 0.5) is 0 Å². The molecule has 0 heterocycles. The van der Waals surface area contributed by atoms with Gasteiger partial charge in [-0.25, -0.2) is 0 Å². The number of hydrogen-bond donors (Lipinski definition) is 1. The van der Waals surface area contributed by atoms with Crippen molar-refractivity contribution in [2.24, 2.45) is 5.92 Å². The highest BCUT2D eigenvalue weighted by molar-refractivity contribution is 5.26. The number of benzene rings is 1. The molecule has 0 bridgehead atoms. The molecule has 3 heteroatoms. The zero-order valence-corrected chi connectivity index (χ0v) is 9.98. The van der Waals surface area contributed by atoms with E-state index in [1.54, 1.807) is 0 Å². The highest BCUT2D eigenvalue weighted by atomic mass is 16.5. The fourth-order valence-corrected chi connectivity index (χ4v) is 1.23. The van der Waals surface area contributed by atoms with E-state index in [-0.39, 0.29) is 6.61 Å². The van der Waals surface area contributed by atoms with Crippen LogP contribution in [-0.2, 0) is 11.3 Å². The normalized spacial score (nSPS) is 10.8. The third-order valence-corrected chi connectivity index (χ3v) is 2.05.